The van der Waals surface area contributed by atoms with Crippen LogP contribution in [-0.4, -0.2) is 93.4 Å². The number of carbonyl (C=O) groups excluding carboxylic acids is 3. The molecule has 1 amide bonds. The summed E-state index contributed by atoms with van der Waals surface area (Å²) in [5.41, 5.74) is 11.8. The highest BCUT2D eigenvalue weighted by atomic mass is 16.5. The highest BCUT2D eigenvalue weighted by Gasteiger charge is 2.43. The van der Waals surface area contributed by atoms with E-state index in [0.717, 1.165) is 0 Å². The minimum Gasteiger partial charge on any atom is -0.459 e. The highest BCUT2D eigenvalue weighted by molar-refractivity contribution is 5.88. The lowest BCUT2D eigenvalue weighted by atomic mass is 10.1. The zero-order valence-electron chi connectivity index (χ0n) is 17.5. The third-order valence-corrected chi connectivity index (χ3v) is 5.77. The van der Waals surface area contributed by atoms with Gasteiger partial charge >= 0.3 is 5.97 Å². The van der Waals surface area contributed by atoms with Crippen LogP contribution in [0.15, 0.2) is 0 Å². The Bertz CT molecular complexity index is 630. The van der Waals surface area contributed by atoms with Gasteiger partial charge in [-0.25, -0.2) is 4.79 Å². The van der Waals surface area contributed by atoms with Crippen molar-refractivity contribution in [3.8, 4) is 0 Å². The number of likely N-dealkylation sites (tertiary alicyclic amines) is 2. The van der Waals surface area contributed by atoms with Crippen LogP contribution in [0.4, 0.5) is 0 Å². The number of rotatable bonds is 7. The van der Waals surface area contributed by atoms with Crippen molar-refractivity contribution in [1.29, 1.82) is 0 Å². The van der Waals surface area contributed by atoms with E-state index >= 15 is 0 Å². The fourth-order valence-corrected chi connectivity index (χ4v) is 4.11. The van der Waals surface area contributed by atoms with E-state index in [9.17, 15) is 24.6 Å². The van der Waals surface area contributed by atoms with E-state index in [0.29, 0.717) is 13.0 Å². The predicted octanol–water partition coefficient (Wildman–Crippen LogP) is -1.83. The number of carbonyl (C=O) groups is 3. The number of ketones is 1. The van der Waals surface area contributed by atoms with Gasteiger partial charge in [0.15, 0.2) is 0 Å². The van der Waals surface area contributed by atoms with Crippen LogP contribution in [0.3, 0.4) is 0 Å². The molecule has 2 fully saturated rings. The Labute approximate surface area is 171 Å². The van der Waals surface area contributed by atoms with Gasteiger partial charge in [-0.05, 0) is 39.5 Å². The molecule has 6 N–H and O–H groups in total. The number of nitrogens with zero attached hydrogens (tertiary/aromatic N) is 2. The van der Waals surface area contributed by atoms with Gasteiger partial charge in [-0.2, -0.15) is 0 Å². The number of amides is 1. The van der Waals surface area contributed by atoms with Crippen molar-refractivity contribution in [3.05, 3.63) is 0 Å². The van der Waals surface area contributed by atoms with Gasteiger partial charge in [0, 0.05) is 13.1 Å². The van der Waals surface area contributed by atoms with Crippen LogP contribution in [0.25, 0.3) is 0 Å². The van der Waals surface area contributed by atoms with Crippen molar-refractivity contribution in [2.24, 2.45) is 17.4 Å². The Hall–Kier alpha value is -1.59. The van der Waals surface area contributed by atoms with Crippen LogP contribution in [-0.2, 0) is 19.1 Å². The summed E-state index contributed by atoms with van der Waals surface area (Å²) < 4.78 is 5.48. The number of aliphatic hydroxyl groups is 2. The number of hydrogen-bond donors (Lipinski definition) is 4. The first-order valence-corrected chi connectivity index (χ1v) is 10.1. The quantitative estimate of drug-likeness (QED) is 0.351. The standard InChI is InChI=1S/C19H34N4O6/c1-9-5-15(22(7-9)17(26)10(2)20)19(28)29-12(4)16(21)18(27)23-8-13(25)6-14(23)11(3)24/h9-10,12-16,18,25,27H,5-8,20-21H2,1-4H3/t9-,10-,12-,13+,14-,15-,16-,18?/m0/s1. The smallest absolute Gasteiger partial charge is 0.329 e. The molecule has 2 rings (SSSR count). The fraction of sp³-hybridized carbons (Fsp3) is 0.842. The van der Waals surface area contributed by atoms with Crippen molar-refractivity contribution < 1.29 is 29.3 Å². The van der Waals surface area contributed by atoms with E-state index < -0.39 is 48.6 Å². The van der Waals surface area contributed by atoms with Gasteiger partial charge in [-0.3, -0.25) is 14.5 Å². The first kappa shape index (κ1) is 23.7. The molecule has 8 atom stereocenters. The first-order chi connectivity index (χ1) is 13.4. The molecule has 0 radical (unpaired) electrons. The van der Waals surface area contributed by atoms with E-state index in [4.69, 9.17) is 16.2 Å². The van der Waals surface area contributed by atoms with Gasteiger partial charge in [0.1, 0.15) is 24.2 Å². The highest BCUT2D eigenvalue weighted by Crippen LogP contribution is 2.26. The lowest BCUT2D eigenvalue weighted by Crippen LogP contribution is -2.57. The number of aliphatic hydroxyl groups excluding tert-OH is 2. The van der Waals surface area contributed by atoms with E-state index in [2.05, 4.69) is 0 Å². The number of esters is 1. The predicted molar refractivity (Wildman–Crippen MR) is 104 cm³/mol. The molecule has 1 unspecified atom stereocenters. The average Bonchev–Trinajstić information content (AvgIpc) is 3.22. The van der Waals surface area contributed by atoms with Crippen LogP contribution < -0.4 is 11.5 Å². The lowest BCUT2D eigenvalue weighted by molar-refractivity contribution is -0.161. The van der Waals surface area contributed by atoms with Gasteiger partial charge in [-0.1, -0.05) is 6.92 Å². The second-order valence-electron chi connectivity index (χ2n) is 8.48. The molecule has 10 nitrogen and oxygen atoms in total. The molecule has 0 aliphatic carbocycles. The maximum Gasteiger partial charge on any atom is 0.329 e. The second kappa shape index (κ2) is 9.48. The molecule has 0 spiro atoms. The summed E-state index contributed by atoms with van der Waals surface area (Å²) in [4.78, 5) is 39.7. The number of Topliss-reactive ketones (excluding diaryl/α,β-unsaturated/α-hetero) is 1. The van der Waals surface area contributed by atoms with Gasteiger partial charge < -0.3 is 31.3 Å². The van der Waals surface area contributed by atoms with Crippen LogP contribution in [0.5, 0.6) is 0 Å². The summed E-state index contributed by atoms with van der Waals surface area (Å²) in [5.74, 6) is -0.957. The van der Waals surface area contributed by atoms with E-state index in [1.807, 2.05) is 6.92 Å². The molecule has 0 aromatic heterocycles. The molecule has 2 saturated heterocycles. The summed E-state index contributed by atoms with van der Waals surface area (Å²) in [7, 11) is 0. The Morgan fingerprint density at radius 1 is 1.10 bits per heavy atom. The molecule has 29 heavy (non-hydrogen) atoms. The Morgan fingerprint density at radius 3 is 2.28 bits per heavy atom. The van der Waals surface area contributed by atoms with E-state index in [1.165, 1.54) is 16.7 Å². The number of hydrogen-bond acceptors (Lipinski definition) is 9. The van der Waals surface area contributed by atoms with Gasteiger partial charge in [-0.15, -0.1) is 0 Å². The zero-order valence-corrected chi connectivity index (χ0v) is 17.5. The summed E-state index contributed by atoms with van der Waals surface area (Å²) in [6, 6.07) is -3.10. The molecule has 2 aliphatic rings. The molecular weight excluding hydrogens is 380 g/mol. The second-order valence-corrected chi connectivity index (χ2v) is 8.48. The van der Waals surface area contributed by atoms with E-state index in [1.54, 1.807) is 13.8 Å². The summed E-state index contributed by atoms with van der Waals surface area (Å²) in [5, 5.41) is 20.5. The zero-order chi connectivity index (χ0) is 22.0. The molecule has 0 saturated carbocycles. The molecule has 10 heteroatoms. The van der Waals surface area contributed by atoms with Crippen LogP contribution >= 0.6 is 0 Å². The Morgan fingerprint density at radius 2 is 1.72 bits per heavy atom. The third kappa shape index (κ3) is 5.32. The molecule has 0 aromatic carbocycles. The van der Waals surface area contributed by atoms with Crippen LogP contribution in [0.1, 0.15) is 40.5 Å². The third-order valence-electron chi connectivity index (χ3n) is 5.77. The largest absolute Gasteiger partial charge is 0.459 e. The molecule has 2 aliphatic heterocycles. The molecule has 166 valence electrons. The van der Waals surface area contributed by atoms with Gasteiger partial charge in [0.25, 0.3) is 0 Å². The SMILES string of the molecule is CC(=O)[C@@H]1C[C@@H](O)CN1C(O)[C@@H](N)[C@H](C)OC(=O)[C@@H]1C[C@H](C)CN1C(=O)[C@H](C)N. The van der Waals surface area contributed by atoms with Crippen molar-refractivity contribution in [2.75, 3.05) is 13.1 Å². The van der Waals surface area contributed by atoms with Crippen LogP contribution in [0, 0.1) is 5.92 Å². The summed E-state index contributed by atoms with van der Waals surface area (Å²) in [6.45, 7) is 6.98. The molecular formula is C19H34N4O6. The van der Waals surface area contributed by atoms with Crippen molar-refractivity contribution in [3.63, 3.8) is 0 Å². The maximum atomic E-state index is 12.7. The molecule has 0 aromatic rings. The lowest BCUT2D eigenvalue weighted by Gasteiger charge is -2.34. The Balaban J connectivity index is 2.02. The van der Waals surface area contributed by atoms with Gasteiger partial charge in [0.05, 0.1) is 24.2 Å². The van der Waals surface area contributed by atoms with Crippen molar-refractivity contribution in [1.82, 2.24) is 9.80 Å². The fourth-order valence-electron chi connectivity index (χ4n) is 4.11. The summed E-state index contributed by atoms with van der Waals surface area (Å²) in [6.07, 6.45) is -2.19. The molecule has 2 heterocycles. The van der Waals surface area contributed by atoms with Crippen molar-refractivity contribution in [2.45, 2.75) is 83.1 Å². The van der Waals surface area contributed by atoms with E-state index in [-0.39, 0.29) is 30.6 Å². The Kier molecular flexibility index (Phi) is 7.74. The topological polar surface area (TPSA) is 159 Å². The van der Waals surface area contributed by atoms with Crippen molar-refractivity contribution >= 4 is 17.7 Å². The normalized spacial score (nSPS) is 31.9. The minimum atomic E-state index is -1.27. The minimum absolute atomic E-state index is 0.108. The van der Waals surface area contributed by atoms with Gasteiger partial charge in [0.2, 0.25) is 5.91 Å². The first-order valence-electron chi connectivity index (χ1n) is 10.1. The molecule has 0 bridgehead atoms. The number of ether oxygens (including phenoxy) is 1. The number of nitrogens with two attached hydrogens (primary N) is 2. The summed E-state index contributed by atoms with van der Waals surface area (Å²) >= 11 is 0. The maximum absolute atomic E-state index is 12.7. The monoisotopic (exact) mass is 414 g/mol. The van der Waals surface area contributed by atoms with Crippen LogP contribution in [0.2, 0.25) is 0 Å². The average molecular weight is 415 g/mol. The number of β-amino-alcohol motifs (C(OH)–C–C–N with tert-alkyl or cyclic N) is 1.